The van der Waals surface area contributed by atoms with E-state index in [0.29, 0.717) is 18.5 Å². The van der Waals surface area contributed by atoms with Crippen molar-refractivity contribution in [1.29, 1.82) is 0 Å². The van der Waals surface area contributed by atoms with Gasteiger partial charge in [0, 0.05) is 19.5 Å². The van der Waals surface area contributed by atoms with Crippen LogP contribution in [0.25, 0.3) is 0 Å². The van der Waals surface area contributed by atoms with Crippen molar-refractivity contribution in [3.8, 4) is 5.75 Å². The third-order valence-electron chi connectivity index (χ3n) is 5.06. The van der Waals surface area contributed by atoms with Gasteiger partial charge in [0.15, 0.2) is 11.6 Å². The molecule has 0 spiro atoms. The third-order valence-corrected chi connectivity index (χ3v) is 5.06. The highest BCUT2D eigenvalue weighted by atomic mass is 19.1. The number of hydrogen-bond donors (Lipinski definition) is 1. The number of nitrogens with zero attached hydrogens (tertiary/aromatic N) is 1. The predicted molar refractivity (Wildman–Crippen MR) is 87.4 cm³/mol. The number of hydrogen-bond acceptors (Lipinski definition) is 3. The van der Waals surface area contributed by atoms with Gasteiger partial charge in [0.2, 0.25) is 5.91 Å². The second kappa shape index (κ2) is 7.20. The zero-order chi connectivity index (χ0) is 17.9. The van der Waals surface area contributed by atoms with E-state index in [0.717, 1.165) is 0 Å². The molecule has 0 bridgehead atoms. The van der Waals surface area contributed by atoms with Gasteiger partial charge in [0.05, 0.1) is 12.5 Å². The molecule has 0 radical (unpaired) electrons. The average Bonchev–Trinajstić information content (AvgIpc) is 3.00. The van der Waals surface area contributed by atoms with Gasteiger partial charge in [0.25, 0.3) is 0 Å². The number of carboxylic acids is 1. The Kier molecular flexibility index (Phi) is 5.47. The van der Waals surface area contributed by atoms with Crippen LogP contribution in [0.4, 0.5) is 4.39 Å². The Morgan fingerprint density at radius 1 is 1.42 bits per heavy atom. The number of carbonyl (C=O) groups is 2. The van der Waals surface area contributed by atoms with Gasteiger partial charge in [-0.15, -0.1) is 0 Å². The van der Waals surface area contributed by atoms with Crippen LogP contribution < -0.4 is 4.74 Å². The molecule has 1 fully saturated rings. The van der Waals surface area contributed by atoms with Crippen LogP contribution in [0.15, 0.2) is 18.2 Å². The van der Waals surface area contributed by atoms with E-state index >= 15 is 0 Å². The number of carboxylic acid groups (broad SMARTS) is 1. The lowest BCUT2D eigenvalue weighted by molar-refractivity contribution is -0.151. The van der Waals surface area contributed by atoms with Gasteiger partial charge in [-0.3, -0.25) is 9.59 Å². The molecule has 1 atom stereocenters. The molecular formula is C18H24FNO4. The zero-order valence-electron chi connectivity index (χ0n) is 14.3. The fraction of sp³-hybridized carbons (Fsp3) is 0.556. The summed E-state index contributed by atoms with van der Waals surface area (Å²) in [5.41, 5.74) is -0.452. The van der Waals surface area contributed by atoms with E-state index in [1.807, 2.05) is 13.8 Å². The Bertz CT molecular complexity index is 631. The van der Waals surface area contributed by atoms with Crippen molar-refractivity contribution < 1.29 is 23.8 Å². The predicted octanol–water partition coefficient (Wildman–Crippen LogP) is 2.73. The summed E-state index contributed by atoms with van der Waals surface area (Å²) in [5.74, 6) is -1.33. The summed E-state index contributed by atoms with van der Waals surface area (Å²) in [6.45, 7) is 4.39. The molecule has 1 aromatic carbocycles. The molecule has 1 unspecified atom stereocenters. The van der Waals surface area contributed by atoms with Crippen LogP contribution in [0.5, 0.6) is 5.75 Å². The fourth-order valence-electron chi connectivity index (χ4n) is 3.25. The first kappa shape index (κ1) is 18.2. The number of ether oxygens (including phenoxy) is 1. The summed E-state index contributed by atoms with van der Waals surface area (Å²) in [6.07, 6.45) is 0.872. The van der Waals surface area contributed by atoms with Crippen molar-refractivity contribution in [2.45, 2.75) is 33.1 Å². The highest BCUT2D eigenvalue weighted by Crippen LogP contribution is 2.38. The number of likely N-dealkylation sites (tertiary alicyclic amines) is 1. The van der Waals surface area contributed by atoms with E-state index in [1.54, 1.807) is 17.0 Å². The second-order valence-electron chi connectivity index (χ2n) is 6.61. The van der Waals surface area contributed by atoms with Crippen LogP contribution in [0.3, 0.4) is 0 Å². The van der Waals surface area contributed by atoms with Gasteiger partial charge >= 0.3 is 5.97 Å². The van der Waals surface area contributed by atoms with Crippen LogP contribution in [0.2, 0.25) is 0 Å². The second-order valence-corrected chi connectivity index (χ2v) is 6.61. The summed E-state index contributed by atoms with van der Waals surface area (Å²) >= 11 is 0. The standard InChI is InChI=1S/C18H24FNO4/c1-12(2)18(17(22)23)9-10-20(11-18)15(21)8-7-13-5-4-6-14(24-3)16(13)19/h4-6,12H,7-11H2,1-3H3,(H,22,23). The summed E-state index contributed by atoms with van der Waals surface area (Å²) in [4.78, 5) is 25.6. The molecule has 0 aromatic heterocycles. The lowest BCUT2D eigenvalue weighted by atomic mass is 9.76. The molecule has 1 aromatic rings. The molecule has 24 heavy (non-hydrogen) atoms. The number of carbonyl (C=O) groups excluding carboxylic acids is 1. The molecule has 0 saturated carbocycles. The first-order valence-electron chi connectivity index (χ1n) is 8.14. The van der Waals surface area contributed by atoms with Gasteiger partial charge in [-0.2, -0.15) is 0 Å². The van der Waals surface area contributed by atoms with Gasteiger partial charge in [-0.25, -0.2) is 4.39 Å². The maximum atomic E-state index is 14.1. The van der Waals surface area contributed by atoms with Crippen molar-refractivity contribution in [3.05, 3.63) is 29.6 Å². The van der Waals surface area contributed by atoms with E-state index in [4.69, 9.17) is 4.74 Å². The highest BCUT2D eigenvalue weighted by Gasteiger charge is 2.48. The quantitative estimate of drug-likeness (QED) is 0.867. The maximum absolute atomic E-state index is 14.1. The minimum atomic E-state index is -0.878. The molecule has 1 heterocycles. The van der Waals surface area contributed by atoms with E-state index in [1.165, 1.54) is 13.2 Å². The Labute approximate surface area is 141 Å². The molecule has 1 aliphatic heterocycles. The topological polar surface area (TPSA) is 66.8 Å². The van der Waals surface area contributed by atoms with Crippen LogP contribution in [-0.2, 0) is 16.0 Å². The summed E-state index contributed by atoms with van der Waals surface area (Å²) in [6, 6.07) is 4.85. The van der Waals surface area contributed by atoms with Crippen molar-refractivity contribution in [2.24, 2.45) is 11.3 Å². The van der Waals surface area contributed by atoms with Crippen LogP contribution in [0.1, 0.15) is 32.3 Å². The van der Waals surface area contributed by atoms with Crippen LogP contribution in [0, 0.1) is 17.2 Å². The smallest absolute Gasteiger partial charge is 0.311 e. The van der Waals surface area contributed by atoms with E-state index in [-0.39, 0.29) is 37.0 Å². The number of rotatable bonds is 6. The molecular weight excluding hydrogens is 313 g/mol. The number of benzene rings is 1. The minimum absolute atomic E-state index is 0.0522. The van der Waals surface area contributed by atoms with Crippen molar-refractivity contribution in [1.82, 2.24) is 4.90 Å². The van der Waals surface area contributed by atoms with Gasteiger partial charge in [-0.05, 0) is 30.4 Å². The number of halogens is 1. The number of aliphatic carboxylic acids is 1. The SMILES string of the molecule is COc1cccc(CCC(=O)N2CCC(C(=O)O)(C(C)C)C2)c1F. The molecule has 1 N–H and O–H groups in total. The first-order chi connectivity index (χ1) is 11.3. The van der Waals surface area contributed by atoms with Crippen molar-refractivity contribution in [2.75, 3.05) is 20.2 Å². The molecule has 5 nitrogen and oxygen atoms in total. The van der Waals surface area contributed by atoms with Gasteiger partial charge < -0.3 is 14.7 Å². The van der Waals surface area contributed by atoms with Crippen LogP contribution >= 0.6 is 0 Å². The number of methoxy groups -OCH3 is 1. The summed E-state index contributed by atoms with van der Waals surface area (Å²) in [5, 5.41) is 9.53. The Balaban J connectivity index is 2.01. The average molecular weight is 337 g/mol. The molecule has 0 aliphatic carbocycles. The Morgan fingerprint density at radius 3 is 2.67 bits per heavy atom. The minimum Gasteiger partial charge on any atom is -0.494 e. The van der Waals surface area contributed by atoms with E-state index in [2.05, 4.69) is 0 Å². The molecule has 1 amide bonds. The first-order valence-corrected chi connectivity index (χ1v) is 8.14. The normalized spacial score (nSPS) is 20.5. The molecule has 2 rings (SSSR count). The van der Waals surface area contributed by atoms with Crippen LogP contribution in [-0.4, -0.2) is 42.1 Å². The zero-order valence-corrected chi connectivity index (χ0v) is 14.3. The maximum Gasteiger partial charge on any atom is 0.311 e. The lowest BCUT2D eigenvalue weighted by Crippen LogP contribution is -2.40. The van der Waals surface area contributed by atoms with Gasteiger partial charge in [0.1, 0.15) is 0 Å². The summed E-state index contributed by atoms with van der Waals surface area (Å²) in [7, 11) is 1.40. The number of amides is 1. The molecule has 132 valence electrons. The summed E-state index contributed by atoms with van der Waals surface area (Å²) < 4.78 is 19.0. The van der Waals surface area contributed by atoms with Crippen molar-refractivity contribution in [3.63, 3.8) is 0 Å². The van der Waals surface area contributed by atoms with E-state index in [9.17, 15) is 19.1 Å². The van der Waals surface area contributed by atoms with Gasteiger partial charge in [-0.1, -0.05) is 26.0 Å². The Hall–Kier alpha value is -2.11. The highest BCUT2D eigenvalue weighted by molar-refractivity contribution is 5.81. The van der Waals surface area contributed by atoms with E-state index < -0.39 is 17.2 Å². The molecule has 1 aliphatic rings. The number of aryl methyl sites for hydroxylation is 1. The van der Waals surface area contributed by atoms with Crippen molar-refractivity contribution >= 4 is 11.9 Å². The fourth-order valence-corrected chi connectivity index (χ4v) is 3.25. The largest absolute Gasteiger partial charge is 0.494 e. The lowest BCUT2D eigenvalue weighted by Gasteiger charge is -2.28. The monoisotopic (exact) mass is 337 g/mol. The Morgan fingerprint density at radius 2 is 2.12 bits per heavy atom. The molecule has 1 saturated heterocycles. The third kappa shape index (κ3) is 3.37. The molecule has 6 heteroatoms.